The number of aryl methyl sites for hydroxylation is 1. The van der Waals surface area contributed by atoms with Gasteiger partial charge < -0.3 is 5.11 Å². The van der Waals surface area contributed by atoms with Crippen molar-refractivity contribution >= 4 is 27.5 Å². The van der Waals surface area contributed by atoms with Gasteiger partial charge in [0.15, 0.2) is 0 Å². The van der Waals surface area contributed by atoms with Crippen LogP contribution in [0, 0.1) is 17.0 Å². The minimum Gasteiger partial charge on any atom is -0.508 e. The van der Waals surface area contributed by atoms with Crippen LogP contribution in [0.25, 0.3) is 6.08 Å². The zero-order chi connectivity index (χ0) is 17.0. The molecule has 2 N–H and O–H groups in total. The molecule has 0 unspecified atom stereocenters. The fourth-order valence-electron chi connectivity index (χ4n) is 1.78. The monoisotopic (exact) mass is 334 g/mol. The van der Waals surface area contributed by atoms with Crippen molar-refractivity contribution in [1.82, 2.24) is 0 Å². The molecule has 0 atom stereocenters. The first-order valence-electron chi connectivity index (χ1n) is 6.52. The summed E-state index contributed by atoms with van der Waals surface area (Å²) in [5.74, 6) is -0.0485. The van der Waals surface area contributed by atoms with Gasteiger partial charge in [0.25, 0.3) is 15.7 Å². The molecule has 0 amide bonds. The van der Waals surface area contributed by atoms with E-state index in [0.29, 0.717) is 11.1 Å². The van der Waals surface area contributed by atoms with E-state index in [1.54, 1.807) is 13.0 Å². The summed E-state index contributed by atoms with van der Waals surface area (Å²) < 4.78 is 26.4. The van der Waals surface area contributed by atoms with E-state index in [1.807, 2.05) is 0 Å². The third kappa shape index (κ3) is 4.55. The summed E-state index contributed by atoms with van der Waals surface area (Å²) in [6.45, 7) is 1.71. The molecule has 2 aromatic carbocycles. The molecule has 0 aliphatic heterocycles. The van der Waals surface area contributed by atoms with Gasteiger partial charge in [0.05, 0.1) is 16.0 Å². The second-order valence-corrected chi connectivity index (χ2v) is 6.36. The quantitative estimate of drug-likeness (QED) is 0.645. The number of sulfonamides is 1. The molecule has 0 aliphatic rings. The normalized spacial score (nSPS) is 11.5. The molecule has 0 spiro atoms. The maximum atomic E-state index is 12.0. The van der Waals surface area contributed by atoms with E-state index in [0.717, 1.165) is 5.41 Å². The number of hydrogen-bond acceptors (Lipinski definition) is 5. The topological polar surface area (TPSA) is 110 Å². The first kappa shape index (κ1) is 16.5. The number of phenols is 1. The summed E-state index contributed by atoms with van der Waals surface area (Å²) in [5, 5.41) is 20.9. The van der Waals surface area contributed by atoms with Crippen LogP contribution in [-0.4, -0.2) is 18.4 Å². The van der Waals surface area contributed by atoms with Crippen molar-refractivity contribution in [3.05, 3.63) is 69.1 Å². The van der Waals surface area contributed by atoms with Crippen LogP contribution in [0.3, 0.4) is 0 Å². The SMILES string of the molecule is Cc1ccc(O)cc1NS(=O)(=O)C=Cc1ccc([N+](=O)[O-])cc1. The Kier molecular flexibility index (Phi) is 4.65. The van der Waals surface area contributed by atoms with Crippen LogP contribution in [0.4, 0.5) is 11.4 Å². The summed E-state index contributed by atoms with van der Waals surface area (Å²) in [7, 11) is -3.77. The van der Waals surface area contributed by atoms with Crippen molar-refractivity contribution in [3.8, 4) is 5.75 Å². The molecule has 0 fully saturated rings. The number of hydrogen-bond donors (Lipinski definition) is 2. The molecule has 7 nitrogen and oxygen atoms in total. The van der Waals surface area contributed by atoms with E-state index >= 15 is 0 Å². The zero-order valence-corrected chi connectivity index (χ0v) is 12.9. The molecule has 0 bridgehead atoms. The highest BCUT2D eigenvalue weighted by Gasteiger charge is 2.09. The molecule has 0 radical (unpaired) electrons. The average Bonchev–Trinajstić information content (AvgIpc) is 2.49. The lowest BCUT2D eigenvalue weighted by Crippen LogP contribution is -2.09. The lowest BCUT2D eigenvalue weighted by Gasteiger charge is -2.08. The Balaban J connectivity index is 2.17. The molecule has 8 heteroatoms. The number of nitro groups is 1. The predicted octanol–water partition coefficient (Wildman–Crippen LogP) is 3.02. The minimum absolute atomic E-state index is 0.0485. The molecule has 2 aromatic rings. The molecular formula is C15H14N2O5S. The fourth-order valence-corrected chi connectivity index (χ4v) is 2.71. The molecule has 0 aliphatic carbocycles. The van der Waals surface area contributed by atoms with Crippen LogP contribution < -0.4 is 4.72 Å². The Labute approximate surface area is 133 Å². The number of phenolic OH excluding ortho intramolecular Hbond substituents is 1. The standard InChI is InChI=1S/C15H14N2O5S/c1-11-2-7-14(18)10-15(11)16-23(21,22)9-8-12-3-5-13(6-4-12)17(19)20/h2-10,16,18H,1H3. The van der Waals surface area contributed by atoms with Crippen LogP contribution in [-0.2, 0) is 10.0 Å². The number of rotatable bonds is 5. The molecular weight excluding hydrogens is 320 g/mol. The number of nitrogens with zero attached hydrogens (tertiary/aromatic N) is 1. The summed E-state index contributed by atoms with van der Waals surface area (Å²) in [6, 6.07) is 9.84. The molecule has 23 heavy (non-hydrogen) atoms. The molecule has 0 aromatic heterocycles. The van der Waals surface area contributed by atoms with E-state index in [9.17, 15) is 23.6 Å². The van der Waals surface area contributed by atoms with Gasteiger partial charge in [-0.1, -0.05) is 6.07 Å². The van der Waals surface area contributed by atoms with Gasteiger partial charge in [0.2, 0.25) is 0 Å². The molecule has 120 valence electrons. The van der Waals surface area contributed by atoms with Gasteiger partial charge >= 0.3 is 0 Å². The van der Waals surface area contributed by atoms with Crippen LogP contribution in [0.5, 0.6) is 5.75 Å². The minimum atomic E-state index is -3.77. The Bertz CT molecular complexity index is 858. The third-order valence-corrected chi connectivity index (χ3v) is 4.02. The van der Waals surface area contributed by atoms with Gasteiger partial charge in [-0.3, -0.25) is 14.8 Å². The van der Waals surface area contributed by atoms with E-state index in [4.69, 9.17) is 0 Å². The molecule has 0 heterocycles. The Morgan fingerprint density at radius 2 is 1.83 bits per heavy atom. The maximum absolute atomic E-state index is 12.0. The average molecular weight is 334 g/mol. The Hall–Kier alpha value is -2.87. The molecule has 2 rings (SSSR count). The smallest absolute Gasteiger partial charge is 0.269 e. The highest BCUT2D eigenvalue weighted by molar-refractivity contribution is 7.95. The van der Waals surface area contributed by atoms with Crippen molar-refractivity contribution in [2.75, 3.05) is 4.72 Å². The fraction of sp³-hybridized carbons (Fsp3) is 0.0667. The number of anilines is 1. The van der Waals surface area contributed by atoms with Crippen LogP contribution >= 0.6 is 0 Å². The molecule has 0 saturated heterocycles. The van der Waals surface area contributed by atoms with Gasteiger partial charge in [-0.15, -0.1) is 0 Å². The lowest BCUT2D eigenvalue weighted by molar-refractivity contribution is -0.384. The maximum Gasteiger partial charge on any atom is 0.269 e. The third-order valence-electron chi connectivity index (χ3n) is 3.02. The molecule has 0 saturated carbocycles. The number of nitrogens with one attached hydrogen (secondary N) is 1. The van der Waals surface area contributed by atoms with Crippen molar-refractivity contribution < 1.29 is 18.4 Å². The van der Waals surface area contributed by atoms with Gasteiger partial charge in [0, 0.05) is 18.2 Å². The van der Waals surface area contributed by atoms with E-state index in [1.165, 1.54) is 42.5 Å². The second-order valence-electron chi connectivity index (χ2n) is 4.80. The number of nitro benzene ring substituents is 1. The van der Waals surface area contributed by atoms with Crippen molar-refractivity contribution in [3.63, 3.8) is 0 Å². The van der Waals surface area contributed by atoms with E-state index < -0.39 is 14.9 Å². The summed E-state index contributed by atoms with van der Waals surface area (Å²) >= 11 is 0. The second kappa shape index (κ2) is 6.49. The van der Waals surface area contributed by atoms with E-state index in [-0.39, 0.29) is 17.1 Å². The van der Waals surface area contributed by atoms with Crippen LogP contribution in [0.15, 0.2) is 47.9 Å². The van der Waals surface area contributed by atoms with Crippen LogP contribution in [0.1, 0.15) is 11.1 Å². The number of benzene rings is 2. The summed E-state index contributed by atoms with van der Waals surface area (Å²) in [4.78, 5) is 10.0. The van der Waals surface area contributed by atoms with E-state index in [2.05, 4.69) is 4.72 Å². The predicted molar refractivity (Wildman–Crippen MR) is 87.5 cm³/mol. The highest BCUT2D eigenvalue weighted by atomic mass is 32.2. The van der Waals surface area contributed by atoms with Gasteiger partial charge in [-0.2, -0.15) is 0 Å². The first-order chi connectivity index (χ1) is 10.8. The number of aromatic hydroxyl groups is 1. The summed E-state index contributed by atoms with van der Waals surface area (Å²) in [6.07, 6.45) is 1.32. The first-order valence-corrected chi connectivity index (χ1v) is 8.06. The number of non-ortho nitro benzene ring substituents is 1. The van der Waals surface area contributed by atoms with Crippen molar-refractivity contribution in [1.29, 1.82) is 0 Å². The van der Waals surface area contributed by atoms with Gasteiger partial charge in [-0.05, 0) is 42.3 Å². The van der Waals surface area contributed by atoms with Crippen LogP contribution in [0.2, 0.25) is 0 Å². The highest BCUT2D eigenvalue weighted by Crippen LogP contribution is 2.22. The van der Waals surface area contributed by atoms with Crippen molar-refractivity contribution in [2.24, 2.45) is 0 Å². The van der Waals surface area contributed by atoms with Gasteiger partial charge in [-0.25, -0.2) is 8.42 Å². The van der Waals surface area contributed by atoms with Crippen molar-refractivity contribution in [2.45, 2.75) is 6.92 Å². The lowest BCUT2D eigenvalue weighted by atomic mass is 10.2. The Morgan fingerprint density at radius 1 is 1.17 bits per heavy atom. The summed E-state index contributed by atoms with van der Waals surface area (Å²) in [5.41, 5.74) is 1.38. The largest absolute Gasteiger partial charge is 0.508 e. The Morgan fingerprint density at radius 3 is 2.43 bits per heavy atom. The van der Waals surface area contributed by atoms with Gasteiger partial charge in [0.1, 0.15) is 5.75 Å². The zero-order valence-electron chi connectivity index (χ0n) is 12.1.